The van der Waals surface area contributed by atoms with Crippen molar-refractivity contribution in [2.75, 3.05) is 38.6 Å². The molecule has 2 aromatic heterocycles. The fourth-order valence-corrected chi connectivity index (χ4v) is 8.03. The number of carbonyl (C=O) groups is 1. The molecule has 3 aromatic carbocycles. The Kier molecular flexibility index (Phi) is 9.67. The van der Waals surface area contributed by atoms with Gasteiger partial charge >= 0.3 is 6.18 Å². The van der Waals surface area contributed by atoms with E-state index in [0.29, 0.717) is 75.1 Å². The highest BCUT2D eigenvalue weighted by atomic mass is 19.4. The van der Waals surface area contributed by atoms with Crippen molar-refractivity contribution in [1.82, 2.24) is 24.8 Å². The predicted octanol–water partition coefficient (Wildman–Crippen LogP) is 6.23. The Morgan fingerprint density at radius 1 is 0.982 bits per heavy atom. The van der Waals surface area contributed by atoms with E-state index in [1.54, 1.807) is 41.3 Å². The summed E-state index contributed by atoms with van der Waals surface area (Å²) < 4.78 is 86.2. The van der Waals surface area contributed by atoms with Gasteiger partial charge in [-0.3, -0.25) is 14.6 Å². The topological polar surface area (TPSA) is 143 Å². The van der Waals surface area contributed by atoms with Crippen LogP contribution in [0.5, 0.6) is 5.88 Å². The number of fused-ring (bicyclic) bond motifs is 2. The number of hydrogen-bond acceptors (Lipinski definition) is 10. The van der Waals surface area contributed by atoms with Gasteiger partial charge in [-0.2, -0.15) is 18.2 Å². The van der Waals surface area contributed by atoms with E-state index in [-0.39, 0.29) is 58.1 Å². The maximum atomic E-state index is 16.5. The van der Waals surface area contributed by atoms with Crippen LogP contribution in [0.15, 0.2) is 52.9 Å². The maximum Gasteiger partial charge on any atom is 0.437 e. The third-order valence-corrected chi connectivity index (χ3v) is 10.7. The lowest BCUT2D eigenvalue weighted by atomic mass is 9.94. The molecule has 2 saturated heterocycles. The van der Waals surface area contributed by atoms with E-state index in [2.05, 4.69) is 20.3 Å². The molecule has 1 aliphatic carbocycles. The summed E-state index contributed by atoms with van der Waals surface area (Å²) >= 11 is 0. The number of benzene rings is 3. The van der Waals surface area contributed by atoms with Gasteiger partial charge < -0.3 is 25.3 Å². The number of alkyl halides is 3. The van der Waals surface area contributed by atoms with Crippen LogP contribution in [0.25, 0.3) is 33.7 Å². The van der Waals surface area contributed by atoms with Gasteiger partial charge in [0.25, 0.3) is 0 Å². The number of aliphatic hydroxyl groups is 1. The number of amides is 1. The van der Waals surface area contributed by atoms with Crippen LogP contribution in [-0.2, 0) is 30.5 Å². The summed E-state index contributed by atoms with van der Waals surface area (Å²) in [7, 11) is 1.32. The molecule has 55 heavy (non-hydrogen) atoms. The molecule has 16 heteroatoms. The molecule has 5 aromatic rings. The van der Waals surface area contributed by atoms with Gasteiger partial charge in [-0.15, -0.1) is 0 Å². The van der Waals surface area contributed by atoms with Crippen molar-refractivity contribution in [3.8, 4) is 28.5 Å². The Labute approximate surface area is 312 Å². The zero-order valence-electron chi connectivity index (χ0n) is 29.8. The number of aromatic nitrogens is 3. The molecule has 2 fully saturated rings. The van der Waals surface area contributed by atoms with Crippen molar-refractivity contribution >= 4 is 22.8 Å². The number of likely N-dealkylation sites (tertiary alicyclic amines) is 2. The minimum Gasteiger partial charge on any atom is -0.480 e. The zero-order chi connectivity index (χ0) is 38.6. The second-order valence-electron chi connectivity index (χ2n) is 14.4. The molecular weight excluding hydrogens is 725 g/mol. The monoisotopic (exact) mass is 763 g/mol. The highest BCUT2D eigenvalue weighted by Gasteiger charge is 2.40. The van der Waals surface area contributed by atoms with Crippen LogP contribution >= 0.6 is 0 Å². The second kappa shape index (κ2) is 14.5. The average molecular weight is 764 g/mol. The number of rotatable bonds is 10. The first kappa shape index (κ1) is 36.8. The molecule has 0 unspecified atom stereocenters. The van der Waals surface area contributed by atoms with Crippen molar-refractivity contribution < 1.29 is 41.0 Å². The quantitative estimate of drug-likeness (QED) is 0.140. The van der Waals surface area contributed by atoms with Gasteiger partial charge in [0.1, 0.15) is 17.0 Å². The Morgan fingerprint density at radius 2 is 1.73 bits per heavy atom. The maximum absolute atomic E-state index is 16.5. The van der Waals surface area contributed by atoms with Gasteiger partial charge in [0.15, 0.2) is 22.9 Å². The number of nitrogens with zero attached hydrogens (tertiary/aromatic N) is 5. The Balaban J connectivity index is 1.07. The minimum absolute atomic E-state index is 0.0166. The first-order chi connectivity index (χ1) is 26.4. The molecule has 288 valence electrons. The van der Waals surface area contributed by atoms with E-state index in [4.69, 9.17) is 14.9 Å². The molecule has 0 spiro atoms. The second-order valence-corrected chi connectivity index (χ2v) is 14.4. The summed E-state index contributed by atoms with van der Waals surface area (Å²) in [5.41, 5.74) is 7.25. The van der Waals surface area contributed by atoms with Gasteiger partial charge in [-0.25, -0.2) is 18.7 Å². The molecule has 4 N–H and O–H groups in total. The predicted molar refractivity (Wildman–Crippen MR) is 192 cm³/mol. The first-order valence-electron chi connectivity index (χ1n) is 18.1. The molecular formula is C39H38F5N7O4. The third-order valence-electron chi connectivity index (χ3n) is 10.7. The largest absolute Gasteiger partial charge is 0.480 e. The van der Waals surface area contributed by atoms with Crippen LogP contribution in [-0.4, -0.2) is 75.2 Å². The van der Waals surface area contributed by atoms with Gasteiger partial charge in [0.05, 0.1) is 30.7 Å². The lowest BCUT2D eigenvalue weighted by Crippen LogP contribution is -2.27. The molecule has 4 heterocycles. The molecule has 3 atom stereocenters. The van der Waals surface area contributed by atoms with Gasteiger partial charge in [-0.1, -0.05) is 30.3 Å². The number of nitrogens with one attached hydrogen (secondary N) is 1. The Morgan fingerprint density at radius 3 is 2.45 bits per heavy atom. The number of nitrogens with two attached hydrogens (primary N) is 1. The number of halogens is 5. The lowest BCUT2D eigenvalue weighted by molar-refractivity contribution is -0.141. The normalized spacial score (nSPS) is 20.4. The molecule has 8 rings (SSSR count). The van der Waals surface area contributed by atoms with Crippen molar-refractivity contribution in [3.63, 3.8) is 0 Å². The van der Waals surface area contributed by atoms with E-state index in [1.165, 1.54) is 19.2 Å². The number of anilines is 1. The summed E-state index contributed by atoms with van der Waals surface area (Å²) in [6.45, 7) is 2.36. The molecule has 11 nitrogen and oxygen atoms in total. The molecule has 3 aliphatic rings. The van der Waals surface area contributed by atoms with E-state index < -0.39 is 41.5 Å². The Hall–Kier alpha value is -5.19. The van der Waals surface area contributed by atoms with Crippen molar-refractivity contribution in [2.24, 2.45) is 11.7 Å². The number of ether oxygens (including phenoxy) is 1. The Bertz CT molecular complexity index is 2280. The van der Waals surface area contributed by atoms with Crippen molar-refractivity contribution in [2.45, 2.75) is 57.1 Å². The highest BCUT2D eigenvalue weighted by Crippen LogP contribution is 2.43. The van der Waals surface area contributed by atoms with Crippen LogP contribution < -0.4 is 15.8 Å². The average Bonchev–Trinajstić information content (AvgIpc) is 3.96. The minimum atomic E-state index is -4.83. The van der Waals surface area contributed by atoms with Crippen LogP contribution in [0.3, 0.4) is 0 Å². The number of methoxy groups -OCH3 is 1. The lowest BCUT2D eigenvalue weighted by Gasteiger charge is -2.22. The highest BCUT2D eigenvalue weighted by molar-refractivity contribution is 5.80. The molecule has 2 aliphatic heterocycles. The number of aliphatic hydroxyl groups excluding tert-OH is 1. The zero-order valence-corrected chi connectivity index (χ0v) is 29.8. The number of hydrogen-bond donors (Lipinski definition) is 3. The van der Waals surface area contributed by atoms with Crippen molar-refractivity contribution in [3.05, 3.63) is 88.2 Å². The fraction of sp³-hybridized carbons (Fsp3) is 0.385. The number of primary amides is 1. The van der Waals surface area contributed by atoms with Crippen LogP contribution in [0, 0.1) is 17.6 Å². The van der Waals surface area contributed by atoms with Crippen LogP contribution in [0.4, 0.5) is 27.8 Å². The fourth-order valence-electron chi connectivity index (χ4n) is 8.03. The van der Waals surface area contributed by atoms with E-state index in [0.717, 1.165) is 5.56 Å². The van der Waals surface area contributed by atoms with Crippen LogP contribution in [0.1, 0.15) is 53.4 Å². The summed E-state index contributed by atoms with van der Waals surface area (Å²) in [6, 6.07) is 12.4. The SMILES string of the molecule is COc1nc(N[C@@H]2CCc3c(-c4cccc(-c5nc6cc(CN7CC[C@@H](C(N)=O)C7)cc(F)c6o5)c4F)cccc32)c(C(F)(F)F)nc1CN1CC[C@@H](O)C1. The molecule has 0 bridgehead atoms. The van der Waals surface area contributed by atoms with Gasteiger partial charge in [-0.05, 0) is 72.7 Å². The summed E-state index contributed by atoms with van der Waals surface area (Å²) in [4.78, 5) is 28.1. The number of β-amino-alcohol motifs (C(OH)–C–C–N with tert-alkyl or cyclic N) is 1. The standard InChI is InChI=1S/C39H38F5N7O4/c1-54-38-31(19-51-13-11-22(52)18-51)46-34(39(42,43)44)36(49-38)47-29-9-8-24-23(4-2-5-25(24)29)26-6-3-7-27(32(26)41)37-48-30-15-20(14-28(40)33(30)55-37)16-50-12-10-21(17-50)35(45)53/h2-7,14-15,21-22,29,52H,8-13,16-19H2,1H3,(H2,45,53)(H,47,49)/t21-,22-,29-/m1/s1. The molecule has 1 amide bonds. The van der Waals surface area contributed by atoms with Gasteiger partial charge in [0, 0.05) is 38.3 Å². The molecule has 0 radical (unpaired) electrons. The molecule has 0 saturated carbocycles. The summed E-state index contributed by atoms with van der Waals surface area (Å²) in [6.07, 6.45) is -3.41. The van der Waals surface area contributed by atoms with Crippen LogP contribution in [0.2, 0.25) is 0 Å². The van der Waals surface area contributed by atoms with E-state index in [1.807, 2.05) is 4.90 Å². The van der Waals surface area contributed by atoms with Crippen molar-refractivity contribution in [1.29, 1.82) is 0 Å². The van der Waals surface area contributed by atoms with E-state index in [9.17, 15) is 23.1 Å². The third kappa shape index (κ3) is 7.21. The first-order valence-corrected chi connectivity index (χ1v) is 18.1. The summed E-state index contributed by atoms with van der Waals surface area (Å²) in [5, 5.41) is 12.8. The van der Waals surface area contributed by atoms with E-state index >= 15 is 8.78 Å². The summed E-state index contributed by atoms with van der Waals surface area (Å²) in [5.74, 6) is -2.55. The number of carbonyl (C=O) groups excluding carboxylic acids is 1. The van der Waals surface area contributed by atoms with Gasteiger partial charge in [0.2, 0.25) is 17.7 Å². The smallest absolute Gasteiger partial charge is 0.437 e. The number of oxazole rings is 1.